The third-order valence-corrected chi connectivity index (χ3v) is 6.21. The van der Waals surface area contributed by atoms with E-state index in [1.54, 1.807) is 0 Å². The lowest BCUT2D eigenvalue weighted by Gasteiger charge is -2.28. The predicted molar refractivity (Wildman–Crippen MR) is 97.8 cm³/mol. The Morgan fingerprint density at radius 3 is 2.13 bits per heavy atom. The molecule has 0 bridgehead atoms. The average molecular weight is 398 g/mol. The van der Waals surface area contributed by atoms with E-state index in [9.17, 15) is 4.57 Å². The van der Waals surface area contributed by atoms with Crippen molar-refractivity contribution in [2.45, 2.75) is 19.6 Å². The van der Waals surface area contributed by atoms with E-state index in [-0.39, 0.29) is 0 Å². The highest BCUT2D eigenvalue weighted by molar-refractivity contribution is 9.10. The van der Waals surface area contributed by atoms with E-state index in [1.165, 1.54) is 0 Å². The molecule has 0 aliphatic rings. The summed E-state index contributed by atoms with van der Waals surface area (Å²) in [5, 5.41) is 3.30. The Hall–Kier alpha value is -1.13. The summed E-state index contributed by atoms with van der Waals surface area (Å²) in [6, 6.07) is 17.3. The van der Waals surface area contributed by atoms with Gasteiger partial charge in [-0.2, -0.15) is 0 Å². The molecule has 0 fully saturated rings. The molecule has 0 spiro atoms. The summed E-state index contributed by atoms with van der Waals surface area (Å²) in [5.41, 5.74) is 1.69. The highest BCUT2D eigenvalue weighted by Gasteiger charge is 2.38. The summed E-state index contributed by atoms with van der Waals surface area (Å²) >= 11 is 3.53. The van der Waals surface area contributed by atoms with Crippen molar-refractivity contribution in [2.24, 2.45) is 0 Å². The van der Waals surface area contributed by atoms with Crippen LogP contribution < -0.4 is 5.32 Å². The first-order valence-corrected chi connectivity index (χ1v) is 9.96. The fourth-order valence-electron chi connectivity index (χ4n) is 2.26. The Labute approximate surface area is 145 Å². The fraction of sp³-hybridized carbons (Fsp3) is 0.294. The molecule has 2 aromatic rings. The molecule has 0 aromatic heterocycles. The number of hydrogen-bond acceptors (Lipinski definition) is 4. The molecule has 2 aromatic carbocycles. The van der Waals surface area contributed by atoms with Gasteiger partial charge in [-0.05, 0) is 32.0 Å². The predicted octanol–water partition coefficient (Wildman–Crippen LogP) is 5.83. The standard InChI is InChI=1S/C17H21BrNO3P/c1-3-21-23(20,22-4-2)17(15-12-8-9-13-16(15)18)19-14-10-6-5-7-11-14/h5-13,17,19H,3-4H2,1-2H3. The smallest absolute Gasteiger partial charge is 0.357 e. The second kappa shape index (κ2) is 8.65. The van der Waals surface area contributed by atoms with E-state index < -0.39 is 13.4 Å². The zero-order chi connectivity index (χ0) is 16.7. The molecule has 1 unspecified atom stereocenters. The number of halogens is 1. The molecule has 23 heavy (non-hydrogen) atoms. The first-order chi connectivity index (χ1) is 11.1. The van der Waals surface area contributed by atoms with Crippen LogP contribution in [0.15, 0.2) is 59.1 Å². The first kappa shape index (κ1) is 18.2. The highest BCUT2D eigenvalue weighted by Crippen LogP contribution is 2.61. The van der Waals surface area contributed by atoms with Gasteiger partial charge in [0.25, 0.3) is 0 Å². The van der Waals surface area contributed by atoms with Crippen molar-refractivity contribution in [3.05, 3.63) is 64.6 Å². The third kappa shape index (κ3) is 4.67. The molecule has 1 N–H and O–H groups in total. The summed E-state index contributed by atoms with van der Waals surface area (Å²) in [6.07, 6.45) is 0. The minimum Gasteiger partial charge on any atom is -0.368 e. The second-order valence-electron chi connectivity index (χ2n) is 4.81. The number of rotatable bonds is 8. The molecular weight excluding hydrogens is 377 g/mol. The Morgan fingerprint density at radius 2 is 1.57 bits per heavy atom. The number of benzene rings is 2. The summed E-state index contributed by atoms with van der Waals surface area (Å²) in [5.74, 6) is -0.597. The van der Waals surface area contributed by atoms with Gasteiger partial charge in [0, 0.05) is 15.7 Å². The van der Waals surface area contributed by atoms with E-state index in [4.69, 9.17) is 9.05 Å². The van der Waals surface area contributed by atoms with Gasteiger partial charge in [0.15, 0.2) is 5.78 Å². The van der Waals surface area contributed by atoms with Gasteiger partial charge in [-0.3, -0.25) is 4.57 Å². The van der Waals surface area contributed by atoms with Crippen LogP contribution in [-0.2, 0) is 13.6 Å². The van der Waals surface area contributed by atoms with E-state index >= 15 is 0 Å². The molecule has 1 atom stereocenters. The first-order valence-electron chi connectivity index (χ1n) is 7.55. The largest absolute Gasteiger partial charge is 0.368 e. The molecule has 0 radical (unpaired) electrons. The van der Waals surface area contributed by atoms with Crippen LogP contribution in [0, 0.1) is 0 Å². The topological polar surface area (TPSA) is 47.6 Å². The summed E-state index contributed by atoms with van der Waals surface area (Å²) in [6.45, 7) is 4.25. The molecule has 124 valence electrons. The Morgan fingerprint density at radius 1 is 1.00 bits per heavy atom. The minimum absolute atomic E-state index is 0.314. The van der Waals surface area contributed by atoms with Crippen LogP contribution in [0.5, 0.6) is 0 Å². The molecule has 6 heteroatoms. The van der Waals surface area contributed by atoms with Gasteiger partial charge in [0.1, 0.15) is 0 Å². The maximum atomic E-state index is 13.3. The summed E-state index contributed by atoms with van der Waals surface area (Å²) in [4.78, 5) is 0. The van der Waals surface area contributed by atoms with E-state index in [1.807, 2.05) is 68.4 Å². The van der Waals surface area contributed by atoms with Crippen LogP contribution in [0.1, 0.15) is 25.2 Å². The Bertz CT molecular complexity index is 656. The second-order valence-corrected chi connectivity index (χ2v) is 7.78. The maximum Gasteiger partial charge on any atom is 0.357 e. The van der Waals surface area contributed by atoms with Crippen molar-refractivity contribution >= 4 is 29.2 Å². The molecule has 4 nitrogen and oxygen atoms in total. The lowest BCUT2D eigenvalue weighted by Crippen LogP contribution is -2.15. The Balaban J connectivity index is 2.46. The van der Waals surface area contributed by atoms with Crippen LogP contribution in [0.2, 0.25) is 0 Å². The molecule has 0 amide bonds. The van der Waals surface area contributed by atoms with Crippen molar-refractivity contribution in [3.63, 3.8) is 0 Å². The quantitative estimate of drug-likeness (QED) is 0.569. The summed E-state index contributed by atoms with van der Waals surface area (Å²) in [7, 11) is -3.38. The molecule has 0 aliphatic carbocycles. The zero-order valence-corrected chi connectivity index (χ0v) is 15.7. The van der Waals surface area contributed by atoms with E-state index in [0.29, 0.717) is 13.2 Å². The summed E-state index contributed by atoms with van der Waals surface area (Å²) < 4.78 is 25.3. The fourth-order valence-corrected chi connectivity index (χ4v) is 4.92. The minimum atomic E-state index is -3.38. The third-order valence-electron chi connectivity index (χ3n) is 3.21. The number of hydrogen-bond donors (Lipinski definition) is 1. The molecule has 2 rings (SSSR count). The average Bonchev–Trinajstić information content (AvgIpc) is 2.55. The van der Waals surface area contributed by atoms with E-state index in [2.05, 4.69) is 21.2 Å². The lowest BCUT2D eigenvalue weighted by atomic mass is 10.2. The van der Waals surface area contributed by atoms with Gasteiger partial charge in [0.05, 0.1) is 13.2 Å². The van der Waals surface area contributed by atoms with Gasteiger partial charge in [-0.15, -0.1) is 0 Å². The van der Waals surface area contributed by atoms with Crippen molar-refractivity contribution in [1.29, 1.82) is 0 Å². The van der Waals surface area contributed by atoms with Crippen LogP contribution in [0.25, 0.3) is 0 Å². The Kier molecular flexibility index (Phi) is 6.85. The van der Waals surface area contributed by atoms with Crippen molar-refractivity contribution in [1.82, 2.24) is 0 Å². The number of anilines is 1. The van der Waals surface area contributed by atoms with Gasteiger partial charge < -0.3 is 14.4 Å². The zero-order valence-electron chi connectivity index (χ0n) is 13.2. The van der Waals surface area contributed by atoms with Gasteiger partial charge in [-0.1, -0.05) is 52.3 Å². The van der Waals surface area contributed by atoms with Crippen molar-refractivity contribution in [2.75, 3.05) is 18.5 Å². The van der Waals surface area contributed by atoms with Crippen LogP contribution in [0.3, 0.4) is 0 Å². The molecular formula is C17H21BrNO3P. The monoisotopic (exact) mass is 397 g/mol. The van der Waals surface area contributed by atoms with Gasteiger partial charge in [0.2, 0.25) is 0 Å². The van der Waals surface area contributed by atoms with Crippen molar-refractivity contribution < 1.29 is 13.6 Å². The van der Waals surface area contributed by atoms with Crippen LogP contribution in [0.4, 0.5) is 5.69 Å². The highest BCUT2D eigenvalue weighted by atomic mass is 79.9. The molecule has 0 aliphatic heterocycles. The number of para-hydroxylation sites is 1. The molecule has 0 heterocycles. The van der Waals surface area contributed by atoms with Crippen molar-refractivity contribution in [3.8, 4) is 0 Å². The van der Waals surface area contributed by atoms with Crippen LogP contribution >= 0.6 is 23.5 Å². The maximum absolute atomic E-state index is 13.3. The van der Waals surface area contributed by atoms with Crippen LogP contribution in [-0.4, -0.2) is 13.2 Å². The van der Waals surface area contributed by atoms with Gasteiger partial charge >= 0.3 is 7.60 Å². The SMILES string of the molecule is CCOP(=O)(OCC)C(Nc1ccccc1)c1ccccc1Br. The molecule has 0 saturated heterocycles. The lowest BCUT2D eigenvalue weighted by molar-refractivity contribution is 0.214. The molecule has 0 saturated carbocycles. The number of nitrogens with one attached hydrogen (secondary N) is 1. The van der Waals surface area contributed by atoms with E-state index in [0.717, 1.165) is 15.7 Å². The van der Waals surface area contributed by atoms with Gasteiger partial charge in [-0.25, -0.2) is 0 Å². The normalized spacial score (nSPS) is 12.8.